The number of nitrogen functional groups attached to an aromatic ring is 1. The second-order valence-electron chi connectivity index (χ2n) is 5.55. The largest absolute Gasteiger partial charge is 0.396 e. The van der Waals surface area contributed by atoms with Crippen LogP contribution in [0.2, 0.25) is 5.02 Å². The maximum absolute atomic E-state index is 6.00. The number of nitrogens with two attached hydrogens (primary N) is 1. The first kappa shape index (κ1) is 13.5. The first-order valence-corrected chi connectivity index (χ1v) is 7.32. The Balaban J connectivity index is 1.79. The Hall–Kier alpha value is -0.890. The van der Waals surface area contributed by atoms with E-state index in [4.69, 9.17) is 17.3 Å². The minimum atomic E-state index is 0.631. The molecule has 3 heteroatoms. The highest BCUT2D eigenvalue weighted by atomic mass is 35.5. The lowest BCUT2D eigenvalue weighted by atomic mass is 9.81. The molecule has 0 amide bonds. The van der Waals surface area contributed by atoms with Gasteiger partial charge in [0, 0.05) is 6.54 Å². The average molecular weight is 267 g/mol. The van der Waals surface area contributed by atoms with Crippen LogP contribution in [-0.2, 0) is 0 Å². The Morgan fingerprint density at radius 1 is 1.39 bits per heavy atom. The Labute approximate surface area is 115 Å². The third-order valence-corrected chi connectivity index (χ3v) is 4.30. The van der Waals surface area contributed by atoms with Crippen LogP contribution >= 0.6 is 11.6 Å². The molecule has 1 aliphatic carbocycles. The van der Waals surface area contributed by atoms with E-state index in [2.05, 4.69) is 12.2 Å². The van der Waals surface area contributed by atoms with Gasteiger partial charge in [-0.1, -0.05) is 43.9 Å². The molecule has 0 aliphatic heterocycles. The van der Waals surface area contributed by atoms with Crippen LogP contribution in [0.4, 0.5) is 11.4 Å². The maximum atomic E-state index is 6.00. The van der Waals surface area contributed by atoms with Gasteiger partial charge in [0.15, 0.2) is 0 Å². The zero-order valence-corrected chi connectivity index (χ0v) is 11.8. The van der Waals surface area contributed by atoms with Crippen molar-refractivity contribution in [1.82, 2.24) is 0 Å². The molecule has 2 unspecified atom stereocenters. The lowest BCUT2D eigenvalue weighted by molar-refractivity contribution is 0.274. The molecule has 0 bridgehead atoms. The van der Waals surface area contributed by atoms with Gasteiger partial charge < -0.3 is 11.1 Å². The van der Waals surface area contributed by atoms with Crippen LogP contribution in [0.15, 0.2) is 18.2 Å². The molecule has 0 spiro atoms. The summed E-state index contributed by atoms with van der Waals surface area (Å²) in [5.41, 5.74) is 7.56. The smallest absolute Gasteiger partial charge is 0.0739 e. The van der Waals surface area contributed by atoms with E-state index in [9.17, 15) is 0 Å². The lowest BCUT2D eigenvalue weighted by Gasteiger charge is -2.26. The molecule has 1 aromatic rings. The van der Waals surface area contributed by atoms with Gasteiger partial charge in [-0.15, -0.1) is 0 Å². The van der Waals surface area contributed by atoms with Gasteiger partial charge in [0.25, 0.3) is 0 Å². The summed E-state index contributed by atoms with van der Waals surface area (Å²) in [7, 11) is 0. The number of nitrogens with one attached hydrogen (secondary N) is 1. The van der Waals surface area contributed by atoms with Crippen molar-refractivity contribution < 1.29 is 0 Å². The Bertz CT molecular complexity index is 392. The normalized spacial score (nSPS) is 23.9. The highest BCUT2D eigenvalue weighted by Gasteiger charge is 2.18. The van der Waals surface area contributed by atoms with E-state index in [1.54, 1.807) is 0 Å². The van der Waals surface area contributed by atoms with E-state index in [0.717, 1.165) is 24.1 Å². The molecule has 18 heavy (non-hydrogen) atoms. The summed E-state index contributed by atoms with van der Waals surface area (Å²) in [6.45, 7) is 3.36. The fourth-order valence-electron chi connectivity index (χ4n) is 2.92. The quantitative estimate of drug-likeness (QED) is 0.785. The van der Waals surface area contributed by atoms with E-state index in [-0.39, 0.29) is 0 Å². The van der Waals surface area contributed by atoms with Crippen LogP contribution < -0.4 is 11.1 Å². The first-order chi connectivity index (χ1) is 8.66. The molecule has 0 saturated heterocycles. The molecule has 0 heterocycles. The van der Waals surface area contributed by atoms with Gasteiger partial charge in [0.2, 0.25) is 0 Å². The number of anilines is 2. The molecule has 1 aromatic carbocycles. The lowest BCUT2D eigenvalue weighted by Crippen LogP contribution is -2.16. The Morgan fingerprint density at radius 2 is 2.22 bits per heavy atom. The minimum absolute atomic E-state index is 0.631. The zero-order valence-electron chi connectivity index (χ0n) is 11.1. The van der Waals surface area contributed by atoms with E-state index in [1.807, 2.05) is 18.2 Å². The van der Waals surface area contributed by atoms with E-state index >= 15 is 0 Å². The number of halogens is 1. The number of hydrogen-bond donors (Lipinski definition) is 2. The molecule has 2 rings (SSSR count). The number of benzene rings is 1. The molecule has 1 aliphatic rings. The summed E-state index contributed by atoms with van der Waals surface area (Å²) in [5.74, 6) is 1.78. The monoisotopic (exact) mass is 266 g/mol. The average Bonchev–Trinajstić information content (AvgIpc) is 2.35. The topological polar surface area (TPSA) is 38.0 Å². The first-order valence-electron chi connectivity index (χ1n) is 6.94. The summed E-state index contributed by atoms with van der Waals surface area (Å²) >= 11 is 6.00. The molecule has 1 fully saturated rings. The van der Waals surface area contributed by atoms with Crippen molar-refractivity contribution in [2.24, 2.45) is 11.8 Å². The number of para-hydroxylation sites is 1. The Kier molecular flexibility index (Phi) is 4.76. The summed E-state index contributed by atoms with van der Waals surface area (Å²) in [4.78, 5) is 0. The standard InChI is InChI=1S/C15H23ClN2/c1-11-4-2-5-12(10-11)8-9-18-14-7-3-6-13(16)15(14)17/h3,6-7,11-12,18H,2,4-5,8-10,17H2,1H3. The van der Waals surface area contributed by atoms with Crippen molar-refractivity contribution in [3.05, 3.63) is 23.2 Å². The molecule has 3 N–H and O–H groups in total. The van der Waals surface area contributed by atoms with Gasteiger partial charge in [-0.25, -0.2) is 0 Å². The molecule has 1 saturated carbocycles. The summed E-state index contributed by atoms with van der Waals surface area (Å²) in [6, 6.07) is 5.75. The third kappa shape index (κ3) is 3.55. The van der Waals surface area contributed by atoms with Crippen molar-refractivity contribution in [2.75, 3.05) is 17.6 Å². The molecule has 2 nitrogen and oxygen atoms in total. The van der Waals surface area contributed by atoms with E-state index in [0.29, 0.717) is 10.7 Å². The Morgan fingerprint density at radius 3 is 3.00 bits per heavy atom. The van der Waals surface area contributed by atoms with Crippen LogP contribution in [0.25, 0.3) is 0 Å². The van der Waals surface area contributed by atoms with Gasteiger partial charge in [-0.3, -0.25) is 0 Å². The van der Waals surface area contributed by atoms with Crippen molar-refractivity contribution in [1.29, 1.82) is 0 Å². The van der Waals surface area contributed by atoms with Gasteiger partial charge in [0.1, 0.15) is 0 Å². The number of rotatable bonds is 4. The van der Waals surface area contributed by atoms with Gasteiger partial charge in [-0.2, -0.15) is 0 Å². The summed E-state index contributed by atoms with van der Waals surface area (Å²) in [5, 5.41) is 4.04. The van der Waals surface area contributed by atoms with Gasteiger partial charge in [0.05, 0.1) is 16.4 Å². The van der Waals surface area contributed by atoms with Crippen LogP contribution in [0.1, 0.15) is 39.0 Å². The minimum Gasteiger partial charge on any atom is -0.396 e. The molecule has 2 atom stereocenters. The zero-order chi connectivity index (χ0) is 13.0. The predicted molar refractivity (Wildman–Crippen MR) is 80.1 cm³/mol. The van der Waals surface area contributed by atoms with Gasteiger partial charge >= 0.3 is 0 Å². The predicted octanol–water partition coefficient (Wildman–Crippen LogP) is 4.55. The maximum Gasteiger partial charge on any atom is 0.0739 e. The molecular weight excluding hydrogens is 244 g/mol. The van der Waals surface area contributed by atoms with Crippen molar-refractivity contribution >= 4 is 23.0 Å². The van der Waals surface area contributed by atoms with Crippen molar-refractivity contribution in [2.45, 2.75) is 39.0 Å². The SMILES string of the molecule is CC1CCCC(CCNc2cccc(Cl)c2N)C1. The fourth-order valence-corrected chi connectivity index (χ4v) is 3.10. The van der Waals surface area contributed by atoms with E-state index < -0.39 is 0 Å². The summed E-state index contributed by atoms with van der Waals surface area (Å²) < 4.78 is 0. The van der Waals surface area contributed by atoms with Crippen LogP contribution in [0.5, 0.6) is 0 Å². The van der Waals surface area contributed by atoms with Crippen LogP contribution in [-0.4, -0.2) is 6.54 Å². The van der Waals surface area contributed by atoms with Crippen molar-refractivity contribution in [3.63, 3.8) is 0 Å². The molecule has 0 aromatic heterocycles. The summed E-state index contributed by atoms with van der Waals surface area (Å²) in [6.07, 6.45) is 6.80. The second kappa shape index (κ2) is 6.33. The fraction of sp³-hybridized carbons (Fsp3) is 0.600. The van der Waals surface area contributed by atoms with Crippen LogP contribution in [0, 0.1) is 11.8 Å². The number of hydrogen-bond acceptors (Lipinski definition) is 2. The highest BCUT2D eigenvalue weighted by Crippen LogP contribution is 2.31. The van der Waals surface area contributed by atoms with Crippen LogP contribution in [0.3, 0.4) is 0 Å². The van der Waals surface area contributed by atoms with E-state index in [1.165, 1.54) is 32.1 Å². The van der Waals surface area contributed by atoms with Gasteiger partial charge in [-0.05, 0) is 36.8 Å². The molecule has 100 valence electrons. The van der Waals surface area contributed by atoms with Crippen molar-refractivity contribution in [3.8, 4) is 0 Å². The highest BCUT2D eigenvalue weighted by molar-refractivity contribution is 6.33. The second-order valence-corrected chi connectivity index (χ2v) is 5.96. The molecular formula is C15H23ClN2. The third-order valence-electron chi connectivity index (χ3n) is 3.97. The molecule has 0 radical (unpaired) electrons.